The number of carbonyl (C=O) groups is 1. The zero-order valence-electron chi connectivity index (χ0n) is 14.7. The lowest BCUT2D eigenvalue weighted by Crippen LogP contribution is -2.16. The Kier molecular flexibility index (Phi) is 4.01. The van der Waals surface area contributed by atoms with Gasteiger partial charge in [-0.2, -0.15) is 10.2 Å². The highest BCUT2D eigenvalue weighted by Gasteiger charge is 2.13. The first-order valence-electron chi connectivity index (χ1n) is 8.42. The molecule has 1 amide bonds. The Hall–Kier alpha value is -3.41. The van der Waals surface area contributed by atoms with Gasteiger partial charge in [-0.25, -0.2) is 0 Å². The molecular formula is C20H19N5O. The van der Waals surface area contributed by atoms with Crippen LogP contribution in [-0.4, -0.2) is 25.5 Å². The molecule has 0 aliphatic rings. The summed E-state index contributed by atoms with van der Waals surface area (Å²) in [5.41, 5.74) is 2.50. The number of nitrogens with one attached hydrogen (secondary N) is 1. The summed E-state index contributed by atoms with van der Waals surface area (Å²) < 4.78 is 3.39. The third-order valence-corrected chi connectivity index (χ3v) is 4.33. The fourth-order valence-electron chi connectivity index (χ4n) is 3.12. The Morgan fingerprint density at radius 3 is 2.69 bits per heavy atom. The molecule has 4 aromatic rings. The Morgan fingerprint density at radius 2 is 1.88 bits per heavy atom. The highest BCUT2D eigenvalue weighted by Crippen LogP contribution is 2.19. The van der Waals surface area contributed by atoms with Gasteiger partial charge >= 0.3 is 0 Å². The lowest BCUT2D eigenvalue weighted by atomic mass is 10.0. The molecule has 0 saturated carbocycles. The van der Waals surface area contributed by atoms with Crippen molar-refractivity contribution in [3.63, 3.8) is 0 Å². The van der Waals surface area contributed by atoms with E-state index in [1.807, 2.05) is 29.9 Å². The van der Waals surface area contributed by atoms with Crippen LogP contribution in [0, 0.1) is 6.92 Å². The van der Waals surface area contributed by atoms with Crippen LogP contribution in [0.5, 0.6) is 0 Å². The largest absolute Gasteiger partial charge is 0.304 e. The van der Waals surface area contributed by atoms with Gasteiger partial charge in [0.2, 0.25) is 0 Å². The molecule has 0 aliphatic heterocycles. The lowest BCUT2D eigenvalue weighted by Gasteiger charge is -2.07. The van der Waals surface area contributed by atoms with Gasteiger partial charge in [-0.1, -0.05) is 42.5 Å². The molecule has 0 saturated heterocycles. The van der Waals surface area contributed by atoms with Crippen molar-refractivity contribution in [3.05, 3.63) is 77.7 Å². The van der Waals surface area contributed by atoms with Crippen LogP contribution >= 0.6 is 0 Å². The number of aromatic nitrogens is 4. The number of hydrogen-bond donors (Lipinski definition) is 1. The van der Waals surface area contributed by atoms with Crippen molar-refractivity contribution in [2.75, 3.05) is 5.32 Å². The fourth-order valence-corrected chi connectivity index (χ4v) is 3.12. The Balaban J connectivity index is 1.53. The molecule has 2 heterocycles. The zero-order chi connectivity index (χ0) is 18.1. The molecule has 1 N–H and O–H groups in total. The first-order valence-corrected chi connectivity index (χ1v) is 8.42. The van der Waals surface area contributed by atoms with Gasteiger partial charge in [0.1, 0.15) is 5.69 Å². The average molecular weight is 345 g/mol. The molecule has 0 radical (unpaired) electrons. The molecule has 0 bridgehead atoms. The normalized spacial score (nSPS) is 11.0. The number of anilines is 1. The summed E-state index contributed by atoms with van der Waals surface area (Å²) in [6.45, 7) is 2.50. The molecule has 0 spiro atoms. The van der Waals surface area contributed by atoms with Gasteiger partial charge in [0, 0.05) is 19.3 Å². The monoisotopic (exact) mass is 345 g/mol. The minimum absolute atomic E-state index is 0.219. The molecule has 6 nitrogen and oxygen atoms in total. The van der Waals surface area contributed by atoms with E-state index in [4.69, 9.17) is 0 Å². The quantitative estimate of drug-likeness (QED) is 0.617. The van der Waals surface area contributed by atoms with E-state index in [-0.39, 0.29) is 5.91 Å². The van der Waals surface area contributed by atoms with Crippen LogP contribution in [0.3, 0.4) is 0 Å². The maximum Gasteiger partial charge on any atom is 0.275 e. The van der Waals surface area contributed by atoms with Crippen LogP contribution in [0.15, 0.2) is 60.8 Å². The molecule has 0 aliphatic carbocycles. The maximum absolute atomic E-state index is 12.4. The Bertz CT molecular complexity index is 1090. The lowest BCUT2D eigenvalue weighted by molar-refractivity contribution is 0.101. The molecule has 130 valence electrons. The van der Waals surface area contributed by atoms with Crippen molar-refractivity contribution in [1.82, 2.24) is 19.6 Å². The summed E-state index contributed by atoms with van der Waals surface area (Å²) in [6, 6.07) is 18.1. The summed E-state index contributed by atoms with van der Waals surface area (Å²) in [5, 5.41) is 13.9. The summed E-state index contributed by atoms with van der Waals surface area (Å²) in [5.74, 6) is 0.303. The summed E-state index contributed by atoms with van der Waals surface area (Å²) in [7, 11) is 1.75. The van der Waals surface area contributed by atoms with Crippen LogP contribution in [0.25, 0.3) is 10.8 Å². The van der Waals surface area contributed by atoms with E-state index in [1.165, 1.54) is 16.3 Å². The smallest absolute Gasteiger partial charge is 0.275 e. The molecule has 4 rings (SSSR count). The zero-order valence-corrected chi connectivity index (χ0v) is 14.7. The molecule has 0 atom stereocenters. The fraction of sp³-hybridized carbons (Fsp3) is 0.150. The highest BCUT2D eigenvalue weighted by atomic mass is 16.2. The van der Waals surface area contributed by atoms with Crippen LogP contribution in [0.1, 0.15) is 21.7 Å². The van der Waals surface area contributed by atoms with E-state index in [1.54, 1.807) is 23.9 Å². The maximum atomic E-state index is 12.4. The van der Waals surface area contributed by atoms with E-state index < -0.39 is 0 Å². The second-order valence-electron chi connectivity index (χ2n) is 6.29. The predicted octanol–water partition coefficient (Wildman–Crippen LogP) is 3.38. The molecule has 0 fully saturated rings. The third kappa shape index (κ3) is 3.09. The van der Waals surface area contributed by atoms with Crippen molar-refractivity contribution in [2.45, 2.75) is 13.5 Å². The van der Waals surface area contributed by atoms with E-state index in [0.717, 1.165) is 5.69 Å². The molecule has 0 unspecified atom stereocenters. The topological polar surface area (TPSA) is 64.7 Å². The van der Waals surface area contributed by atoms with Crippen molar-refractivity contribution >= 4 is 22.5 Å². The van der Waals surface area contributed by atoms with Gasteiger partial charge in [-0.15, -0.1) is 0 Å². The van der Waals surface area contributed by atoms with Crippen molar-refractivity contribution in [2.24, 2.45) is 7.05 Å². The van der Waals surface area contributed by atoms with E-state index in [0.29, 0.717) is 18.1 Å². The first kappa shape index (κ1) is 16.1. The standard InChI is InChI=1S/C20H19N5O/c1-14-12-18(24(2)22-14)20(26)21-19-10-11-25(23-19)13-16-8-5-7-15-6-3-4-9-17(15)16/h3-12H,13H2,1-2H3,(H,21,23,26). The van der Waals surface area contributed by atoms with Crippen LogP contribution in [0.2, 0.25) is 0 Å². The van der Waals surface area contributed by atoms with E-state index >= 15 is 0 Å². The average Bonchev–Trinajstić information content (AvgIpc) is 3.21. The summed E-state index contributed by atoms with van der Waals surface area (Å²) in [4.78, 5) is 12.4. The number of hydrogen-bond acceptors (Lipinski definition) is 3. The first-order chi connectivity index (χ1) is 12.6. The second-order valence-corrected chi connectivity index (χ2v) is 6.29. The molecule has 6 heteroatoms. The Labute approximate surface area is 151 Å². The minimum Gasteiger partial charge on any atom is -0.304 e. The van der Waals surface area contributed by atoms with Crippen LogP contribution in [-0.2, 0) is 13.6 Å². The van der Waals surface area contributed by atoms with Crippen molar-refractivity contribution < 1.29 is 4.79 Å². The Morgan fingerprint density at radius 1 is 1.08 bits per heavy atom. The van der Waals surface area contributed by atoms with Gasteiger partial charge in [-0.05, 0) is 29.3 Å². The molecular weight excluding hydrogens is 326 g/mol. The summed E-state index contributed by atoms with van der Waals surface area (Å²) >= 11 is 0. The number of fused-ring (bicyclic) bond motifs is 1. The van der Waals surface area contributed by atoms with Gasteiger partial charge in [0.25, 0.3) is 5.91 Å². The number of carbonyl (C=O) groups excluding carboxylic acids is 1. The SMILES string of the molecule is Cc1cc(C(=O)Nc2ccn(Cc3cccc4ccccc34)n2)n(C)n1. The van der Waals surface area contributed by atoms with Gasteiger partial charge in [-0.3, -0.25) is 14.2 Å². The van der Waals surface area contributed by atoms with E-state index in [2.05, 4.69) is 45.8 Å². The van der Waals surface area contributed by atoms with Crippen molar-refractivity contribution in [1.29, 1.82) is 0 Å². The summed E-state index contributed by atoms with van der Waals surface area (Å²) in [6.07, 6.45) is 1.87. The number of benzene rings is 2. The number of nitrogens with zero attached hydrogens (tertiary/aromatic N) is 4. The van der Waals surface area contributed by atoms with Gasteiger partial charge in [0.05, 0.1) is 12.2 Å². The van der Waals surface area contributed by atoms with Crippen LogP contribution < -0.4 is 5.32 Å². The molecule has 26 heavy (non-hydrogen) atoms. The predicted molar refractivity (Wildman–Crippen MR) is 101 cm³/mol. The highest BCUT2D eigenvalue weighted by molar-refractivity contribution is 6.02. The van der Waals surface area contributed by atoms with Gasteiger partial charge in [0.15, 0.2) is 5.82 Å². The van der Waals surface area contributed by atoms with Crippen LogP contribution in [0.4, 0.5) is 5.82 Å². The minimum atomic E-state index is -0.219. The number of aryl methyl sites for hydroxylation is 2. The second kappa shape index (κ2) is 6.48. The number of rotatable bonds is 4. The van der Waals surface area contributed by atoms with Gasteiger partial charge < -0.3 is 5.32 Å². The number of amides is 1. The molecule has 2 aromatic carbocycles. The molecule has 2 aromatic heterocycles. The van der Waals surface area contributed by atoms with Crippen molar-refractivity contribution in [3.8, 4) is 0 Å². The third-order valence-electron chi connectivity index (χ3n) is 4.33. The van der Waals surface area contributed by atoms with E-state index in [9.17, 15) is 4.79 Å².